The number of carbonyl (C=O) groups excluding carboxylic acids is 2. The summed E-state index contributed by atoms with van der Waals surface area (Å²) < 4.78 is 32.6. The van der Waals surface area contributed by atoms with Crippen molar-refractivity contribution in [3.8, 4) is 0 Å². The van der Waals surface area contributed by atoms with Gasteiger partial charge in [0.2, 0.25) is 0 Å². The fourth-order valence-electron chi connectivity index (χ4n) is 4.80. The van der Waals surface area contributed by atoms with Crippen molar-refractivity contribution >= 4 is 19.8 Å². The van der Waals surface area contributed by atoms with E-state index in [9.17, 15) is 24.2 Å². The summed E-state index contributed by atoms with van der Waals surface area (Å²) in [7, 11) is -4.65. The number of unbranched alkanes of at least 4 members (excludes halogenated alkanes) is 7. The topological polar surface area (TPSA) is 149 Å². The molecule has 0 bridgehead atoms. The van der Waals surface area contributed by atoms with Crippen molar-refractivity contribution in [1.82, 2.24) is 0 Å². The highest BCUT2D eigenvalue weighted by Crippen LogP contribution is 2.43. The maximum Gasteiger partial charge on any atom is 0.472 e. The van der Waals surface area contributed by atoms with Crippen molar-refractivity contribution in [3.63, 3.8) is 0 Å². The summed E-state index contributed by atoms with van der Waals surface area (Å²) in [5.41, 5.74) is 0. The van der Waals surface area contributed by atoms with Crippen LogP contribution in [-0.2, 0) is 32.7 Å². The molecule has 0 fully saturated rings. The molecule has 0 saturated heterocycles. The van der Waals surface area contributed by atoms with Crippen LogP contribution in [-0.4, -0.2) is 65.7 Å². The van der Waals surface area contributed by atoms with Crippen LogP contribution in [0.25, 0.3) is 0 Å². The Morgan fingerprint density at radius 2 is 1.02 bits per heavy atom. The van der Waals surface area contributed by atoms with Crippen LogP contribution in [0.2, 0.25) is 0 Å². The van der Waals surface area contributed by atoms with Gasteiger partial charge in [0.15, 0.2) is 6.10 Å². The minimum atomic E-state index is -4.65. The predicted octanol–water partition coefficient (Wildman–Crippen LogP) is 10.8. The van der Waals surface area contributed by atoms with Crippen molar-refractivity contribution < 1.29 is 47.8 Å². The largest absolute Gasteiger partial charge is 0.472 e. The van der Waals surface area contributed by atoms with Crippen molar-refractivity contribution in [2.24, 2.45) is 0 Å². The third kappa shape index (κ3) is 39.1. The highest BCUT2D eigenvalue weighted by molar-refractivity contribution is 7.47. The fourth-order valence-corrected chi connectivity index (χ4v) is 5.59. The van der Waals surface area contributed by atoms with Crippen LogP contribution in [0.3, 0.4) is 0 Å². The lowest BCUT2D eigenvalue weighted by Crippen LogP contribution is -2.29. The molecule has 0 aliphatic heterocycles. The van der Waals surface area contributed by atoms with Gasteiger partial charge in [-0.3, -0.25) is 18.6 Å². The average molecular weight is 805 g/mol. The Morgan fingerprint density at radius 1 is 0.554 bits per heavy atom. The Morgan fingerprint density at radius 3 is 1.55 bits per heavy atom. The van der Waals surface area contributed by atoms with Crippen molar-refractivity contribution in [2.45, 2.75) is 148 Å². The first-order chi connectivity index (χ1) is 27.2. The van der Waals surface area contributed by atoms with Gasteiger partial charge in [0.25, 0.3) is 0 Å². The number of esters is 2. The Kier molecular flexibility index (Phi) is 37.9. The highest BCUT2D eigenvalue weighted by Gasteiger charge is 2.27. The number of phosphoric acid groups is 1. The number of carbonyl (C=O) groups is 2. The van der Waals surface area contributed by atoms with E-state index in [4.69, 9.17) is 19.1 Å². The second-order valence-electron chi connectivity index (χ2n) is 13.3. The Hall–Kier alpha value is -3.11. The molecule has 0 spiro atoms. The summed E-state index contributed by atoms with van der Waals surface area (Å²) in [6.07, 6.45) is 48.2. The monoisotopic (exact) mass is 804 g/mol. The Labute approximate surface area is 338 Å². The highest BCUT2D eigenvalue weighted by atomic mass is 31.2. The molecule has 10 nitrogen and oxygen atoms in total. The summed E-state index contributed by atoms with van der Waals surface area (Å²) >= 11 is 0. The molecule has 11 heteroatoms. The first-order valence-electron chi connectivity index (χ1n) is 20.7. The van der Waals surface area contributed by atoms with Gasteiger partial charge in [-0.15, -0.1) is 0 Å². The van der Waals surface area contributed by atoms with Crippen molar-refractivity contribution in [2.75, 3.05) is 26.4 Å². The number of aliphatic hydroxyl groups excluding tert-OH is 2. The quantitative estimate of drug-likeness (QED) is 0.0240. The van der Waals surface area contributed by atoms with Crippen LogP contribution < -0.4 is 0 Å². The van der Waals surface area contributed by atoms with Crippen LogP contribution >= 0.6 is 7.82 Å². The number of phosphoric ester groups is 1. The zero-order valence-corrected chi connectivity index (χ0v) is 35.2. The standard InChI is InChI=1S/C45H73O10P/c1-3-5-7-9-11-13-15-17-19-20-21-22-23-25-27-29-31-33-35-37-45(49)55-43(41-54-56(50,51)53-39-42(47)38-46)40-52-44(48)36-34-32-30-28-26-24-18-16-14-12-10-8-6-4-2/h5,7,10-13,16-19,21-22,25,27,31,33,42-43,46-47H,3-4,6,8-9,14-15,20,23-24,26,28-30,32,34-41H2,1-2H3,(H,50,51)/b7-5+,12-10+,13-11+,18-16+,19-17+,22-21+,27-25+,33-31+/t42-,43+/m0/s1. The zero-order valence-electron chi connectivity index (χ0n) is 34.3. The molecular weight excluding hydrogens is 731 g/mol. The third-order valence-electron chi connectivity index (χ3n) is 7.99. The lowest BCUT2D eigenvalue weighted by Gasteiger charge is -2.20. The lowest BCUT2D eigenvalue weighted by atomic mass is 10.1. The smallest absolute Gasteiger partial charge is 0.462 e. The van der Waals surface area contributed by atoms with Gasteiger partial charge < -0.3 is 24.6 Å². The first-order valence-corrected chi connectivity index (χ1v) is 22.2. The molecule has 1 unspecified atom stereocenters. The van der Waals surface area contributed by atoms with Gasteiger partial charge in [-0.2, -0.15) is 0 Å². The van der Waals surface area contributed by atoms with E-state index in [-0.39, 0.29) is 19.4 Å². The van der Waals surface area contributed by atoms with Crippen LogP contribution in [0.15, 0.2) is 97.2 Å². The normalized spacial score (nSPS) is 14.9. The van der Waals surface area contributed by atoms with Gasteiger partial charge in [0.05, 0.1) is 19.8 Å². The molecule has 0 aromatic rings. The summed E-state index contributed by atoms with van der Waals surface area (Å²) in [4.78, 5) is 34.9. The zero-order chi connectivity index (χ0) is 41.2. The molecule has 0 aromatic heterocycles. The number of rotatable bonds is 37. The van der Waals surface area contributed by atoms with Crippen LogP contribution in [0.5, 0.6) is 0 Å². The molecule has 3 atom stereocenters. The number of allylic oxidation sites excluding steroid dienone is 16. The summed E-state index contributed by atoms with van der Waals surface area (Å²) in [5, 5.41) is 18.3. The molecule has 0 aromatic carbocycles. The molecule has 3 N–H and O–H groups in total. The minimum Gasteiger partial charge on any atom is -0.462 e. The second kappa shape index (κ2) is 40.1. The molecule has 56 heavy (non-hydrogen) atoms. The van der Waals surface area contributed by atoms with Crippen molar-refractivity contribution in [3.05, 3.63) is 97.2 Å². The summed E-state index contributed by atoms with van der Waals surface area (Å²) in [6, 6.07) is 0. The Balaban J connectivity index is 4.50. The Bertz CT molecular complexity index is 1250. The molecule has 0 radical (unpaired) electrons. The summed E-state index contributed by atoms with van der Waals surface area (Å²) in [5.74, 6) is -1.05. The third-order valence-corrected chi connectivity index (χ3v) is 8.94. The van der Waals surface area contributed by atoms with Gasteiger partial charge in [-0.1, -0.05) is 143 Å². The molecule has 0 rings (SSSR count). The van der Waals surface area contributed by atoms with Gasteiger partial charge in [0, 0.05) is 12.8 Å². The maximum absolute atomic E-state index is 12.6. The van der Waals surface area contributed by atoms with E-state index in [0.29, 0.717) is 12.8 Å². The van der Waals surface area contributed by atoms with Gasteiger partial charge in [-0.05, 0) is 77.0 Å². The SMILES string of the molecule is CC/C=C/C/C=C/C/C=C/C/C=C/C/C=C/C/C=C/CCC(=O)O[C@H](COC(=O)CCCCCCC/C=C/C/C=C/CCCC)COP(=O)(O)OC[C@@H](O)CO. The second-order valence-corrected chi connectivity index (χ2v) is 14.7. The van der Waals surface area contributed by atoms with Crippen molar-refractivity contribution in [1.29, 1.82) is 0 Å². The predicted molar refractivity (Wildman–Crippen MR) is 228 cm³/mol. The summed E-state index contributed by atoms with van der Waals surface area (Å²) in [6.45, 7) is 2.09. The van der Waals surface area contributed by atoms with Crippen LogP contribution in [0, 0.1) is 0 Å². The number of aliphatic hydroxyl groups is 2. The van der Waals surface area contributed by atoms with E-state index in [2.05, 4.69) is 103 Å². The van der Waals surface area contributed by atoms with E-state index in [1.807, 2.05) is 12.2 Å². The number of hydrogen-bond donors (Lipinski definition) is 3. The van der Waals surface area contributed by atoms with E-state index < -0.39 is 51.8 Å². The van der Waals surface area contributed by atoms with Crippen LogP contribution in [0.1, 0.15) is 136 Å². The minimum absolute atomic E-state index is 0.0501. The molecule has 0 heterocycles. The van der Waals surface area contributed by atoms with E-state index in [1.165, 1.54) is 12.8 Å². The van der Waals surface area contributed by atoms with E-state index in [1.54, 1.807) is 0 Å². The van der Waals surface area contributed by atoms with Gasteiger partial charge in [0.1, 0.15) is 12.7 Å². The van der Waals surface area contributed by atoms with E-state index in [0.717, 1.165) is 83.5 Å². The first kappa shape index (κ1) is 52.9. The molecule has 318 valence electrons. The van der Waals surface area contributed by atoms with Crippen LogP contribution in [0.4, 0.5) is 0 Å². The fraction of sp³-hybridized carbons (Fsp3) is 0.600. The number of ether oxygens (including phenoxy) is 2. The van der Waals surface area contributed by atoms with Gasteiger partial charge in [-0.25, -0.2) is 4.57 Å². The van der Waals surface area contributed by atoms with E-state index >= 15 is 0 Å². The lowest BCUT2D eigenvalue weighted by molar-refractivity contribution is -0.161. The maximum atomic E-state index is 12.6. The molecule has 0 aliphatic rings. The average Bonchev–Trinajstić information content (AvgIpc) is 3.19. The molecular formula is C45H73O10P. The molecule has 0 amide bonds. The molecule has 0 saturated carbocycles. The number of hydrogen-bond acceptors (Lipinski definition) is 9. The molecule has 0 aliphatic carbocycles. The van der Waals surface area contributed by atoms with Gasteiger partial charge >= 0.3 is 19.8 Å².